The third-order valence-electron chi connectivity index (χ3n) is 6.56. The molecule has 2 aromatic carbocycles. The van der Waals surface area contributed by atoms with E-state index in [4.69, 9.17) is 5.73 Å². The molecule has 2 unspecified atom stereocenters. The van der Waals surface area contributed by atoms with Crippen LogP contribution in [-0.4, -0.2) is 39.7 Å². The molecular formula is C27H20N2O5. The lowest BCUT2D eigenvalue weighted by Gasteiger charge is -2.40. The standard InChI is InChI=1S/C27H20N2O5/c1-13(30)20-17-9-4-2-3-5-10-18(31)22(20)16-11-19(32)23-24(25(16)29-17)26(33)15-8-6-7-14(12-28)21(15)27(23)34/h2-3,6-8,11,13,17,20,22,29-30,32H,12,28H2,1H3/b3-2-/t13-,17+,20?,22?/m1/s1. The smallest absolute Gasteiger partial charge is 0.213 e. The summed E-state index contributed by atoms with van der Waals surface area (Å²) in [6.07, 6.45) is 2.01. The number of phenolic OH excluding ortho intramolecular Hbond substituents is 1. The van der Waals surface area contributed by atoms with E-state index in [9.17, 15) is 24.6 Å². The van der Waals surface area contributed by atoms with Gasteiger partial charge in [0.25, 0.3) is 0 Å². The number of allylic oxidation sites excluding steroid dienone is 2. The number of ketones is 3. The molecular weight excluding hydrogens is 432 g/mol. The highest BCUT2D eigenvalue weighted by Gasteiger charge is 2.46. The quantitative estimate of drug-likeness (QED) is 0.264. The maximum atomic E-state index is 13.7. The summed E-state index contributed by atoms with van der Waals surface area (Å²) in [5, 5.41) is 24.7. The fraction of sp³-hybridized carbons (Fsp3) is 0.222. The maximum absolute atomic E-state index is 13.7. The second-order valence-corrected chi connectivity index (χ2v) is 8.49. The van der Waals surface area contributed by atoms with Crippen molar-refractivity contribution >= 4 is 23.0 Å². The first kappa shape index (κ1) is 21.7. The second-order valence-electron chi connectivity index (χ2n) is 8.49. The van der Waals surface area contributed by atoms with E-state index in [1.807, 2.05) is 0 Å². The molecule has 2 aromatic rings. The van der Waals surface area contributed by atoms with Crippen molar-refractivity contribution in [3.05, 3.63) is 69.8 Å². The number of carbonyl (C=O) groups excluding carboxylic acids is 3. The molecule has 1 aliphatic heterocycles. The minimum atomic E-state index is -0.967. The topological polar surface area (TPSA) is 130 Å². The van der Waals surface area contributed by atoms with E-state index in [1.165, 1.54) is 18.2 Å². The van der Waals surface area contributed by atoms with Gasteiger partial charge in [0.15, 0.2) is 11.6 Å². The summed E-state index contributed by atoms with van der Waals surface area (Å²) < 4.78 is 0. The largest absolute Gasteiger partial charge is 0.507 e. The highest BCUT2D eigenvalue weighted by molar-refractivity contribution is 6.32. The van der Waals surface area contributed by atoms with E-state index in [0.29, 0.717) is 11.1 Å². The highest BCUT2D eigenvalue weighted by atomic mass is 16.3. The Morgan fingerprint density at radius 2 is 1.85 bits per heavy atom. The van der Waals surface area contributed by atoms with Gasteiger partial charge >= 0.3 is 0 Å². The predicted octanol–water partition coefficient (Wildman–Crippen LogP) is 1.65. The highest BCUT2D eigenvalue weighted by Crippen LogP contribution is 2.48. The zero-order valence-corrected chi connectivity index (χ0v) is 18.2. The molecule has 0 aromatic heterocycles. The number of aromatic hydroxyl groups is 1. The fourth-order valence-corrected chi connectivity index (χ4v) is 5.10. The summed E-state index contributed by atoms with van der Waals surface area (Å²) in [7, 11) is 0. The first-order valence-electron chi connectivity index (χ1n) is 10.8. The zero-order chi connectivity index (χ0) is 24.1. The molecule has 168 valence electrons. The number of carbonyl (C=O) groups is 3. The van der Waals surface area contributed by atoms with Gasteiger partial charge in [-0.3, -0.25) is 14.4 Å². The van der Waals surface area contributed by atoms with E-state index in [0.717, 1.165) is 0 Å². The number of benzene rings is 2. The van der Waals surface area contributed by atoms with Crippen LogP contribution in [0.3, 0.4) is 0 Å². The Kier molecular flexibility index (Phi) is 5.10. The number of aliphatic hydroxyl groups is 1. The molecule has 7 nitrogen and oxygen atoms in total. The molecule has 7 heteroatoms. The number of fused-ring (bicyclic) bond motifs is 7. The summed E-state index contributed by atoms with van der Waals surface area (Å²) in [6, 6.07) is 5.47. The summed E-state index contributed by atoms with van der Waals surface area (Å²) >= 11 is 0. The lowest BCUT2D eigenvalue weighted by molar-refractivity contribution is -0.117. The third-order valence-corrected chi connectivity index (χ3v) is 6.56. The summed E-state index contributed by atoms with van der Waals surface area (Å²) in [4.78, 5) is 40.4. The predicted molar refractivity (Wildman–Crippen MR) is 124 cm³/mol. The van der Waals surface area contributed by atoms with Crippen molar-refractivity contribution < 1.29 is 24.6 Å². The van der Waals surface area contributed by atoms with Crippen LogP contribution < -0.4 is 11.1 Å². The summed E-state index contributed by atoms with van der Waals surface area (Å²) in [6.45, 7) is 1.61. The number of rotatable bonds is 2. The molecule has 0 saturated heterocycles. The summed E-state index contributed by atoms with van der Waals surface area (Å²) in [5.41, 5.74) is 7.03. The Labute approximate surface area is 195 Å². The lowest BCUT2D eigenvalue weighted by Crippen LogP contribution is -2.46. The molecule has 0 saturated carbocycles. The van der Waals surface area contributed by atoms with Crippen LogP contribution >= 0.6 is 0 Å². The van der Waals surface area contributed by atoms with Crippen LogP contribution in [0.5, 0.6) is 5.75 Å². The molecule has 34 heavy (non-hydrogen) atoms. The molecule has 3 aliphatic rings. The molecule has 2 bridgehead atoms. The van der Waals surface area contributed by atoms with Crippen LogP contribution in [0.4, 0.5) is 5.69 Å². The molecule has 5 N–H and O–H groups in total. The maximum Gasteiger partial charge on any atom is 0.213 e. The average Bonchev–Trinajstić information content (AvgIpc) is 2.82. The molecule has 1 heterocycles. The van der Waals surface area contributed by atoms with Crippen molar-refractivity contribution in [2.75, 3.05) is 5.32 Å². The number of hydrogen-bond acceptors (Lipinski definition) is 7. The second kappa shape index (κ2) is 8.00. The van der Waals surface area contributed by atoms with E-state index < -0.39 is 47.1 Å². The van der Waals surface area contributed by atoms with Gasteiger partial charge < -0.3 is 21.3 Å². The van der Waals surface area contributed by atoms with Gasteiger partial charge in [0.05, 0.1) is 34.9 Å². The molecule has 0 spiro atoms. The fourth-order valence-electron chi connectivity index (χ4n) is 5.10. The normalized spacial score (nSPS) is 23.6. The van der Waals surface area contributed by atoms with Crippen molar-refractivity contribution in [3.63, 3.8) is 0 Å². The van der Waals surface area contributed by atoms with Crippen molar-refractivity contribution in [2.24, 2.45) is 11.7 Å². The SMILES string of the molecule is C[C@@H](O)C1C2C(=O)C#C/C=C\C#C[C@@H]1Nc1c2cc(O)c2c1C(=O)c1cccc(CN)c1C2=O. The van der Waals surface area contributed by atoms with E-state index in [1.54, 1.807) is 25.1 Å². The number of Topliss-reactive ketones (excluding diaryl/α,β-unsaturated/α-hetero) is 1. The molecule has 5 rings (SSSR count). The Morgan fingerprint density at radius 3 is 2.59 bits per heavy atom. The van der Waals surface area contributed by atoms with Gasteiger partial charge in [-0.1, -0.05) is 36.0 Å². The van der Waals surface area contributed by atoms with Crippen LogP contribution in [-0.2, 0) is 11.3 Å². The van der Waals surface area contributed by atoms with Gasteiger partial charge in [-0.25, -0.2) is 0 Å². The van der Waals surface area contributed by atoms with Crippen molar-refractivity contribution in [2.45, 2.75) is 31.5 Å². The average molecular weight is 452 g/mol. The number of nitrogens with one attached hydrogen (secondary N) is 1. The Bertz CT molecular complexity index is 1450. The zero-order valence-electron chi connectivity index (χ0n) is 18.2. The molecule has 0 radical (unpaired) electrons. The van der Waals surface area contributed by atoms with Crippen LogP contribution in [0.1, 0.15) is 55.8 Å². The van der Waals surface area contributed by atoms with E-state index >= 15 is 0 Å². The lowest BCUT2D eigenvalue weighted by atomic mass is 9.70. The third kappa shape index (κ3) is 3.07. The minimum absolute atomic E-state index is 0.0177. The number of hydrogen-bond donors (Lipinski definition) is 4. The Morgan fingerprint density at radius 1 is 1.09 bits per heavy atom. The van der Waals surface area contributed by atoms with Gasteiger partial charge in [-0.15, -0.1) is 0 Å². The van der Waals surface area contributed by atoms with Crippen molar-refractivity contribution in [3.8, 4) is 29.4 Å². The number of nitrogens with two attached hydrogens (primary N) is 1. The van der Waals surface area contributed by atoms with Crippen molar-refractivity contribution in [1.82, 2.24) is 0 Å². The van der Waals surface area contributed by atoms with Gasteiger partial charge in [0, 0.05) is 23.6 Å². The molecule has 0 amide bonds. The van der Waals surface area contributed by atoms with Gasteiger partial charge in [-0.2, -0.15) is 0 Å². The van der Waals surface area contributed by atoms with Gasteiger partial charge in [-0.05, 0) is 42.2 Å². The number of aliphatic hydroxyl groups excluding tert-OH is 1. The number of phenols is 1. The van der Waals surface area contributed by atoms with Crippen LogP contribution in [0.15, 0.2) is 36.4 Å². The Hall–Kier alpha value is -4.17. The Balaban J connectivity index is 1.82. The summed E-state index contributed by atoms with van der Waals surface area (Å²) in [5.74, 6) is 7.49. The van der Waals surface area contributed by atoms with Crippen LogP contribution in [0.25, 0.3) is 0 Å². The van der Waals surface area contributed by atoms with Crippen LogP contribution in [0, 0.1) is 29.6 Å². The number of anilines is 1. The van der Waals surface area contributed by atoms with Crippen molar-refractivity contribution in [1.29, 1.82) is 0 Å². The molecule has 2 aliphatic carbocycles. The van der Waals surface area contributed by atoms with Crippen LogP contribution in [0.2, 0.25) is 0 Å². The van der Waals surface area contributed by atoms with Gasteiger partial charge in [0.2, 0.25) is 5.78 Å². The van der Waals surface area contributed by atoms with Gasteiger partial charge in [0.1, 0.15) is 5.75 Å². The molecule has 4 atom stereocenters. The first-order chi connectivity index (χ1) is 16.3. The first-order valence-corrected chi connectivity index (χ1v) is 10.8. The van der Waals surface area contributed by atoms with E-state index in [2.05, 4.69) is 29.0 Å². The molecule has 0 fully saturated rings. The van der Waals surface area contributed by atoms with E-state index in [-0.39, 0.29) is 34.5 Å². The minimum Gasteiger partial charge on any atom is -0.507 e. The monoisotopic (exact) mass is 452 g/mol.